The standard InChI is InChI=1S/C16H20N4O2/c21-14(17-12-7-3-1-4-8-12)11-13-15(22)19-16(18-13)20-9-5-2-6-10-20/h1,3-4,7-8,13H,2,5-6,9-11H2,(H,17,21)(H,18,19,22). The number of hydrogen-bond donors (Lipinski definition) is 2. The molecule has 0 bridgehead atoms. The molecule has 6 nitrogen and oxygen atoms in total. The Morgan fingerprint density at radius 3 is 2.68 bits per heavy atom. The molecule has 1 fully saturated rings. The van der Waals surface area contributed by atoms with E-state index in [9.17, 15) is 9.59 Å². The smallest absolute Gasteiger partial charge is 0.252 e. The molecule has 22 heavy (non-hydrogen) atoms. The number of aliphatic imine (C=N–C) groups is 1. The normalized spacial score (nSPS) is 21.3. The SMILES string of the molecule is O=C(CC1N=C(N2CCCCC2)NC1=O)Nc1ccccc1. The largest absolute Gasteiger partial charge is 0.343 e. The van der Waals surface area contributed by atoms with Gasteiger partial charge in [0.15, 0.2) is 0 Å². The van der Waals surface area contributed by atoms with Crippen molar-refractivity contribution in [3.05, 3.63) is 30.3 Å². The zero-order valence-electron chi connectivity index (χ0n) is 12.4. The Kier molecular flexibility index (Phi) is 4.37. The molecule has 1 saturated heterocycles. The number of nitrogens with zero attached hydrogens (tertiary/aromatic N) is 2. The minimum absolute atomic E-state index is 0.0675. The number of carbonyl (C=O) groups is 2. The van der Waals surface area contributed by atoms with E-state index < -0.39 is 6.04 Å². The number of anilines is 1. The van der Waals surface area contributed by atoms with Gasteiger partial charge in [-0.05, 0) is 31.4 Å². The third-order valence-electron chi connectivity index (χ3n) is 3.91. The molecular weight excluding hydrogens is 280 g/mol. The van der Waals surface area contributed by atoms with Crippen molar-refractivity contribution in [1.29, 1.82) is 0 Å². The summed E-state index contributed by atoms with van der Waals surface area (Å²) in [5, 5.41) is 5.58. The highest BCUT2D eigenvalue weighted by atomic mass is 16.2. The highest BCUT2D eigenvalue weighted by Crippen LogP contribution is 2.14. The topological polar surface area (TPSA) is 73.8 Å². The molecule has 2 aliphatic rings. The molecular formula is C16H20N4O2. The van der Waals surface area contributed by atoms with Crippen molar-refractivity contribution >= 4 is 23.5 Å². The van der Waals surface area contributed by atoms with Crippen molar-refractivity contribution in [1.82, 2.24) is 10.2 Å². The van der Waals surface area contributed by atoms with Crippen LogP contribution in [0, 0.1) is 0 Å². The summed E-state index contributed by atoms with van der Waals surface area (Å²) in [4.78, 5) is 30.5. The van der Waals surface area contributed by atoms with Gasteiger partial charge in [0.2, 0.25) is 11.9 Å². The van der Waals surface area contributed by atoms with Gasteiger partial charge in [-0.2, -0.15) is 0 Å². The fraction of sp³-hybridized carbons (Fsp3) is 0.438. The minimum Gasteiger partial charge on any atom is -0.343 e. The van der Waals surface area contributed by atoms with Gasteiger partial charge in [-0.3, -0.25) is 14.9 Å². The molecule has 116 valence electrons. The summed E-state index contributed by atoms with van der Waals surface area (Å²) in [5.41, 5.74) is 0.728. The Morgan fingerprint density at radius 2 is 1.95 bits per heavy atom. The number of para-hydroxylation sites is 1. The van der Waals surface area contributed by atoms with Crippen LogP contribution in [-0.4, -0.2) is 41.8 Å². The quantitative estimate of drug-likeness (QED) is 0.885. The Bertz CT molecular complexity index is 579. The predicted octanol–water partition coefficient (Wildman–Crippen LogP) is 1.36. The van der Waals surface area contributed by atoms with Gasteiger partial charge in [0.05, 0.1) is 6.42 Å². The number of rotatable bonds is 3. The third-order valence-corrected chi connectivity index (χ3v) is 3.91. The van der Waals surface area contributed by atoms with Crippen LogP contribution in [0.3, 0.4) is 0 Å². The van der Waals surface area contributed by atoms with Crippen LogP contribution in [0.15, 0.2) is 35.3 Å². The molecule has 6 heteroatoms. The average Bonchev–Trinajstić information content (AvgIpc) is 2.90. The Balaban J connectivity index is 1.58. The summed E-state index contributed by atoms with van der Waals surface area (Å²) in [6, 6.07) is 8.59. The maximum absolute atomic E-state index is 12.0. The molecule has 2 aliphatic heterocycles. The molecule has 0 radical (unpaired) electrons. The summed E-state index contributed by atoms with van der Waals surface area (Å²) in [6.07, 6.45) is 3.53. The first-order valence-electron chi connectivity index (χ1n) is 7.71. The molecule has 2 amide bonds. The molecule has 1 aromatic rings. The van der Waals surface area contributed by atoms with Crippen LogP contribution >= 0.6 is 0 Å². The number of benzene rings is 1. The Labute approximate surface area is 129 Å². The lowest BCUT2D eigenvalue weighted by Crippen LogP contribution is -2.43. The second-order valence-corrected chi connectivity index (χ2v) is 5.62. The van der Waals surface area contributed by atoms with Crippen molar-refractivity contribution < 1.29 is 9.59 Å². The maximum atomic E-state index is 12.0. The van der Waals surface area contributed by atoms with Crippen LogP contribution in [0.2, 0.25) is 0 Å². The molecule has 2 heterocycles. The lowest BCUT2D eigenvalue weighted by Gasteiger charge is -2.27. The first-order chi connectivity index (χ1) is 10.7. The van der Waals surface area contributed by atoms with Crippen LogP contribution in [0.4, 0.5) is 5.69 Å². The maximum Gasteiger partial charge on any atom is 0.252 e. The van der Waals surface area contributed by atoms with Crippen molar-refractivity contribution in [3.8, 4) is 0 Å². The van der Waals surface area contributed by atoms with E-state index in [1.165, 1.54) is 6.42 Å². The number of guanidine groups is 1. The highest BCUT2D eigenvalue weighted by molar-refractivity contribution is 6.07. The number of nitrogens with one attached hydrogen (secondary N) is 2. The minimum atomic E-state index is -0.624. The molecule has 3 rings (SSSR count). The predicted molar refractivity (Wildman–Crippen MR) is 84.5 cm³/mol. The van der Waals surface area contributed by atoms with E-state index in [4.69, 9.17) is 0 Å². The first kappa shape index (κ1) is 14.6. The van der Waals surface area contributed by atoms with Gasteiger partial charge in [-0.1, -0.05) is 18.2 Å². The Hall–Kier alpha value is -2.37. The van der Waals surface area contributed by atoms with Crippen molar-refractivity contribution in [2.24, 2.45) is 4.99 Å². The zero-order chi connectivity index (χ0) is 15.4. The van der Waals surface area contributed by atoms with Crippen LogP contribution in [0.5, 0.6) is 0 Å². The molecule has 1 atom stereocenters. The van der Waals surface area contributed by atoms with Gasteiger partial charge in [0, 0.05) is 18.8 Å². The molecule has 0 aliphatic carbocycles. The molecule has 0 aromatic heterocycles. The van der Waals surface area contributed by atoms with Crippen molar-refractivity contribution in [2.45, 2.75) is 31.7 Å². The van der Waals surface area contributed by atoms with Gasteiger partial charge in [0.1, 0.15) is 6.04 Å². The second kappa shape index (κ2) is 6.60. The van der Waals surface area contributed by atoms with Crippen LogP contribution in [0.1, 0.15) is 25.7 Å². The van der Waals surface area contributed by atoms with E-state index in [0.717, 1.165) is 31.6 Å². The number of piperidine rings is 1. The number of amides is 2. The fourth-order valence-electron chi connectivity index (χ4n) is 2.75. The molecule has 0 saturated carbocycles. The highest BCUT2D eigenvalue weighted by Gasteiger charge is 2.31. The van der Waals surface area contributed by atoms with E-state index in [0.29, 0.717) is 5.96 Å². The summed E-state index contributed by atoms with van der Waals surface area (Å²) < 4.78 is 0. The lowest BCUT2D eigenvalue weighted by molar-refractivity contribution is -0.123. The third kappa shape index (κ3) is 3.44. The number of carbonyl (C=O) groups excluding carboxylic acids is 2. The summed E-state index contributed by atoms with van der Waals surface area (Å²) in [7, 11) is 0. The van der Waals surface area contributed by atoms with Gasteiger partial charge >= 0.3 is 0 Å². The van der Waals surface area contributed by atoms with Crippen LogP contribution in [-0.2, 0) is 9.59 Å². The van der Waals surface area contributed by atoms with Gasteiger partial charge in [-0.15, -0.1) is 0 Å². The van der Waals surface area contributed by atoms with E-state index in [2.05, 4.69) is 20.5 Å². The molecule has 1 unspecified atom stereocenters. The molecule has 0 spiro atoms. The van der Waals surface area contributed by atoms with E-state index in [1.54, 1.807) is 0 Å². The summed E-state index contributed by atoms with van der Waals surface area (Å²) in [6.45, 7) is 1.84. The van der Waals surface area contributed by atoms with Crippen LogP contribution < -0.4 is 10.6 Å². The monoisotopic (exact) mass is 300 g/mol. The number of hydrogen-bond acceptors (Lipinski definition) is 4. The van der Waals surface area contributed by atoms with Gasteiger partial charge < -0.3 is 10.2 Å². The van der Waals surface area contributed by atoms with Crippen molar-refractivity contribution in [3.63, 3.8) is 0 Å². The van der Waals surface area contributed by atoms with Gasteiger partial charge in [-0.25, -0.2) is 4.99 Å². The van der Waals surface area contributed by atoms with Crippen LogP contribution in [0.25, 0.3) is 0 Å². The van der Waals surface area contributed by atoms with E-state index >= 15 is 0 Å². The molecule has 1 aromatic carbocycles. The molecule has 2 N–H and O–H groups in total. The van der Waals surface area contributed by atoms with Crippen molar-refractivity contribution in [2.75, 3.05) is 18.4 Å². The fourth-order valence-corrected chi connectivity index (χ4v) is 2.75. The lowest BCUT2D eigenvalue weighted by atomic mass is 10.1. The summed E-state index contributed by atoms with van der Waals surface area (Å²) >= 11 is 0. The van der Waals surface area contributed by atoms with E-state index in [1.807, 2.05) is 30.3 Å². The Morgan fingerprint density at radius 1 is 1.23 bits per heavy atom. The second-order valence-electron chi connectivity index (χ2n) is 5.62. The van der Waals surface area contributed by atoms with Gasteiger partial charge in [0.25, 0.3) is 5.91 Å². The first-order valence-corrected chi connectivity index (χ1v) is 7.71. The van der Waals surface area contributed by atoms with E-state index in [-0.39, 0.29) is 18.2 Å². The average molecular weight is 300 g/mol. The number of likely N-dealkylation sites (tertiary alicyclic amines) is 1. The zero-order valence-corrected chi connectivity index (χ0v) is 12.4. The summed E-state index contributed by atoms with van der Waals surface area (Å²) in [5.74, 6) is 0.237.